The lowest BCUT2D eigenvalue weighted by molar-refractivity contribution is 0.670. The molecule has 1 nitrogen and oxygen atoms in total. The fourth-order valence-electron chi connectivity index (χ4n) is 6.57. The van der Waals surface area contributed by atoms with Gasteiger partial charge >= 0.3 is 0 Å². The zero-order valence-corrected chi connectivity index (χ0v) is 23.9. The van der Waals surface area contributed by atoms with Crippen LogP contribution in [0.25, 0.3) is 88.0 Å². The highest BCUT2D eigenvalue weighted by molar-refractivity contribution is 6.23. The molecule has 45 heavy (non-hydrogen) atoms. The smallest absolute Gasteiger partial charge is 0.143 e. The molecule has 0 atom stereocenters. The average molecular weight is 582 g/mol. The molecular formula is C44H28O. The van der Waals surface area contributed by atoms with E-state index in [4.69, 9.17) is 15.4 Å². The zero-order chi connectivity index (χ0) is 37.6. The maximum Gasteiger partial charge on any atom is 0.143 e. The third-order valence-corrected chi connectivity index (χ3v) is 8.49. The fourth-order valence-corrected chi connectivity index (χ4v) is 6.57. The van der Waals surface area contributed by atoms with Crippen LogP contribution in [0.2, 0.25) is 0 Å². The van der Waals surface area contributed by atoms with Crippen molar-refractivity contribution in [1.82, 2.24) is 0 Å². The van der Waals surface area contributed by atoms with Crippen molar-refractivity contribution < 1.29 is 16.8 Å². The molecule has 0 spiro atoms. The van der Waals surface area contributed by atoms with Gasteiger partial charge in [-0.2, -0.15) is 0 Å². The lowest BCUT2D eigenvalue weighted by Crippen LogP contribution is -1.92. The van der Waals surface area contributed by atoms with Gasteiger partial charge in [0.25, 0.3) is 0 Å². The van der Waals surface area contributed by atoms with Crippen LogP contribution in [-0.2, 0) is 0 Å². The van der Waals surface area contributed by atoms with Crippen LogP contribution in [-0.4, -0.2) is 0 Å². The van der Waals surface area contributed by atoms with Crippen molar-refractivity contribution in [1.29, 1.82) is 0 Å². The van der Waals surface area contributed by atoms with Crippen molar-refractivity contribution in [3.05, 3.63) is 170 Å². The van der Waals surface area contributed by atoms with Gasteiger partial charge < -0.3 is 4.42 Å². The van der Waals surface area contributed by atoms with Gasteiger partial charge in [-0.15, -0.1) is 0 Å². The van der Waals surface area contributed by atoms with Gasteiger partial charge in [-0.05, 0) is 72.6 Å². The van der Waals surface area contributed by atoms with Crippen LogP contribution >= 0.6 is 0 Å². The summed E-state index contributed by atoms with van der Waals surface area (Å²) in [5.74, 6) is 0. The lowest BCUT2D eigenvalue weighted by atomic mass is 9.83. The number of fused-ring (bicyclic) bond motifs is 5. The Hall–Kier alpha value is -5.92. The van der Waals surface area contributed by atoms with Gasteiger partial charge in [0.15, 0.2) is 0 Å². The van der Waals surface area contributed by atoms with E-state index in [1.54, 1.807) is 0 Å². The number of para-hydroxylation sites is 1. The Morgan fingerprint density at radius 2 is 0.978 bits per heavy atom. The Kier molecular flexibility index (Phi) is 4.15. The van der Waals surface area contributed by atoms with E-state index in [1.807, 2.05) is 84.9 Å². The van der Waals surface area contributed by atoms with E-state index < -0.39 is 48.3 Å². The van der Waals surface area contributed by atoms with Crippen molar-refractivity contribution in [2.45, 2.75) is 0 Å². The van der Waals surface area contributed by atoms with E-state index in [0.29, 0.717) is 16.3 Å². The molecule has 0 unspecified atom stereocenters. The summed E-state index contributed by atoms with van der Waals surface area (Å²) in [6, 6.07) is 32.9. The van der Waals surface area contributed by atoms with Gasteiger partial charge in [0.2, 0.25) is 0 Å². The molecule has 0 aliphatic carbocycles. The molecule has 0 saturated carbocycles. The summed E-state index contributed by atoms with van der Waals surface area (Å²) in [5.41, 5.74) is 5.49. The average Bonchev–Trinajstić information content (AvgIpc) is 3.58. The number of hydrogen-bond donors (Lipinski definition) is 0. The molecule has 0 N–H and O–H groups in total. The number of benzene rings is 8. The lowest BCUT2D eigenvalue weighted by Gasteiger charge is -2.19. The van der Waals surface area contributed by atoms with Crippen LogP contribution < -0.4 is 0 Å². The standard InChI is InChI=1S/C44H28O/c1-3-14-29(15-4-1)32-18-7-8-19-34(32)43-37-22-11-9-20-35(37)42(36-21-10-12-23-38(36)43)31-26-27-41-40(28-31)39-25-13-24-33(44(39)45-41)30-16-5-2-6-17-30/h1-28H/i1D,3D,4D,7D,8D,14D,15D,18D,19D. The first-order valence-corrected chi connectivity index (χ1v) is 14.7. The molecule has 0 aliphatic heterocycles. The first-order chi connectivity index (χ1) is 26.1. The van der Waals surface area contributed by atoms with Crippen molar-refractivity contribution in [2.75, 3.05) is 0 Å². The van der Waals surface area contributed by atoms with Crippen molar-refractivity contribution in [3.8, 4) is 44.5 Å². The fraction of sp³-hybridized carbons (Fsp3) is 0. The molecule has 0 amide bonds. The molecule has 1 heteroatoms. The summed E-state index contributed by atoms with van der Waals surface area (Å²) in [5, 5.41) is 4.88. The normalized spacial score (nSPS) is 14.4. The second-order valence-corrected chi connectivity index (χ2v) is 11.0. The summed E-state index contributed by atoms with van der Waals surface area (Å²) < 4.78 is 84.9. The Morgan fingerprint density at radius 3 is 1.69 bits per heavy atom. The highest BCUT2D eigenvalue weighted by Crippen LogP contribution is 2.47. The minimum Gasteiger partial charge on any atom is -0.455 e. The maximum atomic E-state index is 9.29. The van der Waals surface area contributed by atoms with E-state index >= 15 is 0 Å². The monoisotopic (exact) mass is 581 g/mol. The molecule has 1 aromatic heterocycles. The summed E-state index contributed by atoms with van der Waals surface area (Å²) in [6.45, 7) is 0. The van der Waals surface area contributed by atoms with Gasteiger partial charge in [-0.3, -0.25) is 0 Å². The molecule has 0 aliphatic rings. The van der Waals surface area contributed by atoms with Gasteiger partial charge in [0, 0.05) is 16.3 Å². The van der Waals surface area contributed by atoms with Gasteiger partial charge in [-0.1, -0.05) is 158 Å². The Labute approximate surface area is 274 Å². The minimum absolute atomic E-state index is 0.0585. The molecule has 0 radical (unpaired) electrons. The summed E-state index contributed by atoms with van der Waals surface area (Å²) in [7, 11) is 0. The molecule has 0 bridgehead atoms. The zero-order valence-electron chi connectivity index (χ0n) is 32.9. The predicted molar refractivity (Wildman–Crippen MR) is 190 cm³/mol. The molecular weight excluding hydrogens is 544 g/mol. The second kappa shape index (κ2) is 10.4. The van der Waals surface area contributed by atoms with Crippen LogP contribution in [0, 0.1) is 0 Å². The Morgan fingerprint density at radius 1 is 0.378 bits per heavy atom. The van der Waals surface area contributed by atoms with E-state index in [-0.39, 0.29) is 22.7 Å². The van der Waals surface area contributed by atoms with Crippen LogP contribution in [0.4, 0.5) is 0 Å². The molecule has 9 rings (SSSR count). The van der Waals surface area contributed by atoms with Crippen LogP contribution in [0.5, 0.6) is 0 Å². The molecule has 210 valence electrons. The third-order valence-electron chi connectivity index (χ3n) is 8.49. The first kappa shape index (κ1) is 18.0. The highest BCUT2D eigenvalue weighted by Gasteiger charge is 2.20. The van der Waals surface area contributed by atoms with E-state index in [2.05, 4.69) is 30.3 Å². The van der Waals surface area contributed by atoms with Gasteiger partial charge in [-0.25, -0.2) is 0 Å². The second-order valence-electron chi connectivity index (χ2n) is 11.0. The van der Waals surface area contributed by atoms with Gasteiger partial charge in [0.05, 0.1) is 12.3 Å². The van der Waals surface area contributed by atoms with Crippen molar-refractivity contribution in [3.63, 3.8) is 0 Å². The van der Waals surface area contributed by atoms with E-state index in [9.17, 15) is 1.37 Å². The Balaban J connectivity index is 1.39. The molecule has 0 saturated heterocycles. The van der Waals surface area contributed by atoms with E-state index in [0.717, 1.165) is 55.0 Å². The molecule has 1 heterocycles. The topological polar surface area (TPSA) is 13.1 Å². The molecule has 8 aromatic carbocycles. The van der Waals surface area contributed by atoms with E-state index in [1.165, 1.54) is 0 Å². The summed E-state index contributed by atoms with van der Waals surface area (Å²) in [6.07, 6.45) is 0. The van der Waals surface area contributed by atoms with Crippen LogP contribution in [0.1, 0.15) is 12.3 Å². The maximum absolute atomic E-state index is 9.29. The minimum atomic E-state index is -0.590. The number of hydrogen-bond acceptors (Lipinski definition) is 1. The highest BCUT2D eigenvalue weighted by atomic mass is 16.3. The van der Waals surface area contributed by atoms with Crippen LogP contribution in [0.3, 0.4) is 0 Å². The number of furan rings is 1. The van der Waals surface area contributed by atoms with Crippen molar-refractivity contribution >= 4 is 43.5 Å². The largest absolute Gasteiger partial charge is 0.455 e. The quantitative estimate of drug-likeness (QED) is 0.188. The molecule has 9 aromatic rings. The summed E-state index contributed by atoms with van der Waals surface area (Å²) >= 11 is 0. The molecule has 0 fully saturated rings. The van der Waals surface area contributed by atoms with Gasteiger partial charge in [0.1, 0.15) is 11.2 Å². The SMILES string of the molecule is [2H]c1c([2H])c([2H])c(-c2c([2H])c([2H])c([2H])c([2H])c2-c2c3ccccc3c(-c3ccc4oc5c(-c6ccccc6)cccc5c4c3)c3ccccc23)c([2H])c1[2H]. The first-order valence-electron chi connectivity index (χ1n) is 19.2. The number of rotatable bonds is 4. The Bertz CT molecular complexity index is 2960. The van der Waals surface area contributed by atoms with Crippen LogP contribution in [0.15, 0.2) is 174 Å². The third kappa shape index (κ3) is 4.09. The predicted octanol–water partition coefficient (Wildman–Crippen LogP) is 12.6. The summed E-state index contributed by atoms with van der Waals surface area (Å²) in [4.78, 5) is 0. The van der Waals surface area contributed by atoms with Crippen molar-refractivity contribution in [2.24, 2.45) is 0 Å².